The van der Waals surface area contributed by atoms with Crippen LogP contribution in [0.25, 0.3) is 11.5 Å². The summed E-state index contributed by atoms with van der Waals surface area (Å²) < 4.78 is 17.3. The summed E-state index contributed by atoms with van der Waals surface area (Å²) >= 11 is 1.23. The predicted octanol–water partition coefficient (Wildman–Crippen LogP) is 4.81. The minimum atomic E-state index is -0.148. The van der Waals surface area contributed by atoms with Crippen LogP contribution in [0.3, 0.4) is 0 Å². The molecule has 168 valence electrons. The highest BCUT2D eigenvalue weighted by Gasteiger charge is 2.22. The van der Waals surface area contributed by atoms with Crippen molar-refractivity contribution < 1.29 is 18.7 Å². The Morgan fingerprint density at radius 3 is 2.66 bits per heavy atom. The molecule has 0 fully saturated rings. The highest BCUT2D eigenvalue weighted by Crippen LogP contribution is 2.34. The molecule has 1 aliphatic heterocycles. The van der Waals surface area contributed by atoms with Crippen LogP contribution in [0.5, 0.6) is 11.5 Å². The lowest BCUT2D eigenvalue weighted by molar-refractivity contribution is -0.119. The van der Waals surface area contributed by atoms with Crippen molar-refractivity contribution in [2.45, 2.75) is 38.5 Å². The molecule has 1 aromatic heterocycles. The largest absolute Gasteiger partial charge is 0.490 e. The summed E-state index contributed by atoms with van der Waals surface area (Å²) in [6, 6.07) is 13.5. The quantitative estimate of drug-likeness (QED) is 0.514. The Kier molecular flexibility index (Phi) is 6.99. The smallest absolute Gasteiger partial charge is 0.277 e. The lowest BCUT2D eigenvalue weighted by Crippen LogP contribution is -2.33. The highest BCUT2D eigenvalue weighted by molar-refractivity contribution is 7.99. The molecule has 3 aromatic rings. The molecule has 1 N–H and O–H groups in total. The molecule has 7 nitrogen and oxygen atoms in total. The number of aromatic nitrogens is 2. The van der Waals surface area contributed by atoms with E-state index in [1.807, 2.05) is 49.4 Å². The zero-order chi connectivity index (χ0) is 22.5. The van der Waals surface area contributed by atoms with E-state index in [9.17, 15) is 4.79 Å². The maximum absolute atomic E-state index is 12.7. The van der Waals surface area contributed by atoms with Crippen molar-refractivity contribution in [3.8, 4) is 23.0 Å². The molecule has 0 bridgehead atoms. The number of nitrogens with one attached hydrogen (secondary N) is 1. The summed E-state index contributed by atoms with van der Waals surface area (Å²) in [4.78, 5) is 12.7. The van der Waals surface area contributed by atoms with Gasteiger partial charge in [0.2, 0.25) is 11.8 Å². The standard InChI is InChI=1S/C24H27N3O4S/c1-15(2)22(17-9-10-19-20(13-17)30-12-6-11-29-19)25-21(28)14-32-24-27-26-23(31-24)18-8-5-4-7-16(18)3/h4-5,7-10,13,15,22H,6,11-12,14H2,1-3H3,(H,25,28). The van der Waals surface area contributed by atoms with Gasteiger partial charge in [0, 0.05) is 12.0 Å². The molecule has 1 aliphatic rings. The van der Waals surface area contributed by atoms with Gasteiger partial charge in [-0.1, -0.05) is 49.9 Å². The van der Waals surface area contributed by atoms with E-state index in [0.717, 1.165) is 34.6 Å². The molecular weight excluding hydrogens is 426 g/mol. The average Bonchev–Trinajstić information content (AvgIpc) is 3.13. The monoisotopic (exact) mass is 453 g/mol. The summed E-state index contributed by atoms with van der Waals surface area (Å²) in [5, 5.41) is 11.7. The number of carbonyl (C=O) groups is 1. The summed E-state index contributed by atoms with van der Waals surface area (Å²) in [5.41, 5.74) is 2.94. The minimum absolute atomic E-state index is 0.101. The topological polar surface area (TPSA) is 86.5 Å². The number of thioether (sulfide) groups is 1. The van der Waals surface area contributed by atoms with Crippen LogP contribution in [0.4, 0.5) is 0 Å². The molecule has 2 heterocycles. The third-order valence-electron chi connectivity index (χ3n) is 5.22. The molecule has 0 spiro atoms. The Morgan fingerprint density at radius 2 is 1.88 bits per heavy atom. The molecule has 1 amide bonds. The Labute approximate surface area is 191 Å². The lowest BCUT2D eigenvalue weighted by atomic mass is 9.95. The summed E-state index contributed by atoms with van der Waals surface area (Å²) in [7, 11) is 0. The second kappa shape index (κ2) is 10.1. The van der Waals surface area contributed by atoms with Gasteiger partial charge in [-0.2, -0.15) is 0 Å². The molecular formula is C24H27N3O4S. The number of benzene rings is 2. The van der Waals surface area contributed by atoms with Gasteiger partial charge in [-0.25, -0.2) is 0 Å². The van der Waals surface area contributed by atoms with Crippen molar-refractivity contribution in [2.75, 3.05) is 19.0 Å². The van der Waals surface area contributed by atoms with Crippen LogP contribution < -0.4 is 14.8 Å². The molecule has 8 heteroatoms. The van der Waals surface area contributed by atoms with Crippen LogP contribution in [0.1, 0.15) is 37.4 Å². The fraction of sp³-hybridized carbons (Fsp3) is 0.375. The SMILES string of the molecule is Cc1ccccc1-c1nnc(SCC(=O)NC(c2ccc3c(c2)OCCCO3)C(C)C)o1. The molecule has 0 radical (unpaired) electrons. The first-order chi connectivity index (χ1) is 15.5. The van der Waals surface area contributed by atoms with E-state index in [4.69, 9.17) is 13.9 Å². The van der Waals surface area contributed by atoms with Crippen LogP contribution in [0.15, 0.2) is 52.1 Å². The number of hydrogen-bond acceptors (Lipinski definition) is 7. The van der Waals surface area contributed by atoms with E-state index in [1.165, 1.54) is 11.8 Å². The van der Waals surface area contributed by atoms with Crippen molar-refractivity contribution in [2.24, 2.45) is 5.92 Å². The first-order valence-corrected chi connectivity index (χ1v) is 11.7. The third-order valence-corrected chi connectivity index (χ3v) is 6.04. The van der Waals surface area contributed by atoms with Crippen LogP contribution in [-0.2, 0) is 4.79 Å². The first-order valence-electron chi connectivity index (χ1n) is 10.7. The van der Waals surface area contributed by atoms with Crippen LogP contribution in [0, 0.1) is 12.8 Å². The summed E-state index contributed by atoms with van der Waals surface area (Å²) in [5.74, 6) is 2.21. The molecule has 0 saturated carbocycles. The summed E-state index contributed by atoms with van der Waals surface area (Å²) in [6.07, 6.45) is 0.854. The van der Waals surface area contributed by atoms with Gasteiger partial charge in [0.25, 0.3) is 5.22 Å². The van der Waals surface area contributed by atoms with E-state index in [2.05, 4.69) is 29.4 Å². The van der Waals surface area contributed by atoms with Gasteiger partial charge in [-0.15, -0.1) is 10.2 Å². The molecule has 1 atom stereocenters. The van der Waals surface area contributed by atoms with Crippen LogP contribution in [0.2, 0.25) is 0 Å². The van der Waals surface area contributed by atoms with E-state index < -0.39 is 0 Å². The molecule has 0 aliphatic carbocycles. The molecule has 2 aromatic carbocycles. The Morgan fingerprint density at radius 1 is 1.09 bits per heavy atom. The van der Waals surface area contributed by atoms with Crippen molar-refractivity contribution in [1.82, 2.24) is 15.5 Å². The Bertz CT molecular complexity index is 1080. The Balaban J connectivity index is 1.39. The molecule has 32 heavy (non-hydrogen) atoms. The van der Waals surface area contributed by atoms with Gasteiger partial charge in [0.15, 0.2) is 11.5 Å². The highest BCUT2D eigenvalue weighted by atomic mass is 32.2. The first kappa shape index (κ1) is 22.2. The normalized spacial score (nSPS) is 14.1. The average molecular weight is 454 g/mol. The van der Waals surface area contributed by atoms with Gasteiger partial charge in [-0.05, 0) is 42.2 Å². The fourth-order valence-electron chi connectivity index (χ4n) is 3.54. The number of aryl methyl sites for hydroxylation is 1. The third kappa shape index (κ3) is 5.24. The number of fused-ring (bicyclic) bond motifs is 1. The van der Waals surface area contributed by atoms with Crippen molar-refractivity contribution >= 4 is 17.7 Å². The fourth-order valence-corrected chi connectivity index (χ4v) is 4.11. The Hall–Kier alpha value is -3.00. The van der Waals surface area contributed by atoms with Gasteiger partial charge in [0.1, 0.15) is 0 Å². The van der Waals surface area contributed by atoms with Gasteiger partial charge in [-0.3, -0.25) is 4.79 Å². The van der Waals surface area contributed by atoms with Gasteiger partial charge >= 0.3 is 0 Å². The number of amides is 1. The van der Waals surface area contributed by atoms with E-state index >= 15 is 0 Å². The van der Waals surface area contributed by atoms with E-state index in [0.29, 0.717) is 24.3 Å². The molecule has 1 unspecified atom stereocenters. The van der Waals surface area contributed by atoms with Crippen molar-refractivity contribution in [3.63, 3.8) is 0 Å². The second-order valence-corrected chi connectivity index (χ2v) is 8.95. The predicted molar refractivity (Wildman–Crippen MR) is 123 cm³/mol. The van der Waals surface area contributed by atoms with Crippen molar-refractivity contribution in [3.05, 3.63) is 53.6 Å². The lowest BCUT2D eigenvalue weighted by Gasteiger charge is -2.23. The maximum Gasteiger partial charge on any atom is 0.277 e. The van der Waals surface area contributed by atoms with Gasteiger partial charge in [0.05, 0.1) is 25.0 Å². The second-order valence-electron chi connectivity index (χ2n) is 8.02. The minimum Gasteiger partial charge on any atom is -0.490 e. The zero-order valence-corrected chi connectivity index (χ0v) is 19.3. The number of rotatable bonds is 7. The molecule has 0 saturated heterocycles. The van der Waals surface area contributed by atoms with Crippen molar-refractivity contribution in [1.29, 1.82) is 0 Å². The van der Waals surface area contributed by atoms with E-state index in [1.54, 1.807) is 0 Å². The number of carbonyl (C=O) groups excluding carboxylic acids is 1. The summed E-state index contributed by atoms with van der Waals surface area (Å²) in [6.45, 7) is 7.42. The van der Waals surface area contributed by atoms with Crippen LogP contribution in [-0.4, -0.2) is 35.1 Å². The van der Waals surface area contributed by atoms with Crippen LogP contribution >= 0.6 is 11.8 Å². The maximum atomic E-state index is 12.7. The number of nitrogens with zero attached hydrogens (tertiary/aromatic N) is 2. The number of ether oxygens (including phenoxy) is 2. The molecule has 4 rings (SSSR count). The van der Waals surface area contributed by atoms with E-state index in [-0.39, 0.29) is 23.6 Å². The van der Waals surface area contributed by atoms with Gasteiger partial charge < -0.3 is 19.2 Å². The number of hydrogen-bond donors (Lipinski definition) is 1. The zero-order valence-electron chi connectivity index (χ0n) is 18.5.